The summed E-state index contributed by atoms with van der Waals surface area (Å²) in [6, 6.07) is 9.82. The van der Waals surface area contributed by atoms with Crippen LogP contribution in [0.4, 0.5) is 5.82 Å². The molecular formula is C12H11N3O3S. The maximum atomic E-state index is 11.9. The number of sulfonamides is 1. The van der Waals surface area contributed by atoms with Crippen LogP contribution in [0.5, 0.6) is 0 Å². The Kier molecular flexibility index (Phi) is 3.53. The molecule has 1 aromatic carbocycles. The summed E-state index contributed by atoms with van der Waals surface area (Å²) in [7, 11) is -3.55. The first kappa shape index (κ1) is 13.1. The summed E-state index contributed by atoms with van der Waals surface area (Å²) in [6.45, 7) is 1.67. The predicted molar refractivity (Wildman–Crippen MR) is 68.6 cm³/mol. The number of rotatable bonds is 4. The third kappa shape index (κ3) is 3.56. The molecule has 0 spiro atoms. The van der Waals surface area contributed by atoms with Crippen molar-refractivity contribution in [2.45, 2.75) is 12.7 Å². The van der Waals surface area contributed by atoms with Crippen molar-refractivity contribution in [3.05, 3.63) is 47.2 Å². The molecule has 19 heavy (non-hydrogen) atoms. The van der Waals surface area contributed by atoms with E-state index in [4.69, 9.17) is 9.78 Å². The van der Waals surface area contributed by atoms with Gasteiger partial charge in [0.05, 0.1) is 17.4 Å². The number of nitrogens with one attached hydrogen (secondary N) is 1. The van der Waals surface area contributed by atoms with Crippen LogP contribution >= 0.6 is 0 Å². The molecule has 0 aliphatic carbocycles. The van der Waals surface area contributed by atoms with Gasteiger partial charge in [0.15, 0.2) is 5.82 Å². The van der Waals surface area contributed by atoms with E-state index in [1.165, 1.54) is 6.07 Å². The molecule has 0 saturated carbocycles. The molecular weight excluding hydrogens is 266 g/mol. The number of benzene rings is 1. The highest BCUT2D eigenvalue weighted by atomic mass is 32.2. The van der Waals surface area contributed by atoms with E-state index in [1.807, 2.05) is 6.07 Å². The zero-order valence-electron chi connectivity index (χ0n) is 10.1. The van der Waals surface area contributed by atoms with Gasteiger partial charge in [-0.3, -0.25) is 4.72 Å². The van der Waals surface area contributed by atoms with E-state index in [0.29, 0.717) is 16.9 Å². The Morgan fingerprint density at radius 2 is 2.05 bits per heavy atom. The zero-order chi connectivity index (χ0) is 13.9. The minimum atomic E-state index is -3.55. The first-order valence-corrected chi connectivity index (χ1v) is 7.06. The summed E-state index contributed by atoms with van der Waals surface area (Å²) in [5.74, 6) is 0.493. The third-order valence-electron chi connectivity index (χ3n) is 2.33. The molecule has 0 aliphatic rings. The molecule has 6 nitrogen and oxygen atoms in total. The minimum absolute atomic E-state index is 0.158. The van der Waals surface area contributed by atoms with Gasteiger partial charge in [-0.25, -0.2) is 8.42 Å². The van der Waals surface area contributed by atoms with Gasteiger partial charge in [-0.1, -0.05) is 17.3 Å². The lowest BCUT2D eigenvalue weighted by Crippen LogP contribution is -2.15. The second kappa shape index (κ2) is 5.12. The first-order chi connectivity index (χ1) is 8.98. The van der Waals surface area contributed by atoms with Crippen LogP contribution in [0.1, 0.15) is 16.9 Å². The van der Waals surface area contributed by atoms with Crippen molar-refractivity contribution in [3.8, 4) is 6.07 Å². The van der Waals surface area contributed by atoms with Crippen LogP contribution in [0.3, 0.4) is 0 Å². The third-order valence-corrected chi connectivity index (χ3v) is 3.56. The maximum Gasteiger partial charge on any atom is 0.238 e. The van der Waals surface area contributed by atoms with Crippen LogP contribution < -0.4 is 4.72 Å². The van der Waals surface area contributed by atoms with E-state index in [2.05, 4.69) is 9.88 Å². The predicted octanol–water partition coefficient (Wildman–Crippen LogP) is 1.80. The Morgan fingerprint density at radius 1 is 1.37 bits per heavy atom. The van der Waals surface area contributed by atoms with Crippen molar-refractivity contribution in [1.82, 2.24) is 5.16 Å². The van der Waals surface area contributed by atoms with Crippen LogP contribution in [0, 0.1) is 18.3 Å². The number of aromatic nitrogens is 1. The highest BCUT2D eigenvalue weighted by Gasteiger charge is 2.14. The Bertz CT molecular complexity index is 711. The van der Waals surface area contributed by atoms with E-state index in [-0.39, 0.29) is 11.6 Å². The van der Waals surface area contributed by atoms with E-state index in [0.717, 1.165) is 0 Å². The first-order valence-electron chi connectivity index (χ1n) is 5.41. The van der Waals surface area contributed by atoms with Crippen LogP contribution in [-0.4, -0.2) is 13.6 Å². The molecule has 0 saturated heterocycles. The number of hydrogen-bond donors (Lipinski definition) is 1. The van der Waals surface area contributed by atoms with Crippen LogP contribution in [0.25, 0.3) is 0 Å². The van der Waals surface area contributed by atoms with Gasteiger partial charge in [-0.2, -0.15) is 5.26 Å². The highest BCUT2D eigenvalue weighted by molar-refractivity contribution is 7.91. The summed E-state index contributed by atoms with van der Waals surface area (Å²) >= 11 is 0. The smallest absolute Gasteiger partial charge is 0.238 e. The number of aryl methyl sites for hydroxylation is 1. The highest BCUT2D eigenvalue weighted by Crippen LogP contribution is 2.13. The summed E-state index contributed by atoms with van der Waals surface area (Å²) in [4.78, 5) is 0. The van der Waals surface area contributed by atoms with Crippen molar-refractivity contribution in [2.75, 3.05) is 4.72 Å². The zero-order valence-corrected chi connectivity index (χ0v) is 10.9. The lowest BCUT2D eigenvalue weighted by Gasteiger charge is -2.04. The normalized spacial score (nSPS) is 10.9. The SMILES string of the molecule is Cc1cc(NS(=O)(=O)Cc2ccc(C#N)cc2)no1. The van der Waals surface area contributed by atoms with Gasteiger partial charge in [-0.15, -0.1) is 0 Å². The Hall–Kier alpha value is -2.33. The van der Waals surface area contributed by atoms with Crippen molar-refractivity contribution in [2.24, 2.45) is 0 Å². The molecule has 0 fully saturated rings. The fourth-order valence-corrected chi connectivity index (χ4v) is 2.62. The van der Waals surface area contributed by atoms with E-state index in [1.54, 1.807) is 31.2 Å². The average molecular weight is 277 g/mol. The monoisotopic (exact) mass is 277 g/mol. The quantitative estimate of drug-likeness (QED) is 0.919. The molecule has 1 aromatic heterocycles. The molecule has 1 heterocycles. The largest absolute Gasteiger partial charge is 0.360 e. The van der Waals surface area contributed by atoms with Crippen molar-refractivity contribution >= 4 is 15.8 Å². The minimum Gasteiger partial charge on any atom is -0.360 e. The second-order valence-corrected chi connectivity index (χ2v) is 5.71. The van der Waals surface area contributed by atoms with Gasteiger partial charge in [0, 0.05) is 6.07 Å². The van der Waals surface area contributed by atoms with E-state index < -0.39 is 10.0 Å². The van der Waals surface area contributed by atoms with Crippen molar-refractivity contribution in [1.29, 1.82) is 5.26 Å². The van der Waals surface area contributed by atoms with Gasteiger partial charge in [0.2, 0.25) is 10.0 Å². The number of nitrogens with zero attached hydrogens (tertiary/aromatic N) is 2. The molecule has 0 bridgehead atoms. The van der Waals surface area contributed by atoms with Crippen molar-refractivity contribution < 1.29 is 12.9 Å². The summed E-state index contributed by atoms with van der Waals surface area (Å²) in [5.41, 5.74) is 1.08. The number of nitriles is 1. The summed E-state index contributed by atoms with van der Waals surface area (Å²) in [6.07, 6.45) is 0. The fraction of sp³-hybridized carbons (Fsp3) is 0.167. The van der Waals surface area contributed by atoms with E-state index >= 15 is 0 Å². The average Bonchev–Trinajstić information content (AvgIpc) is 2.74. The number of hydrogen-bond acceptors (Lipinski definition) is 5. The summed E-state index contributed by atoms with van der Waals surface area (Å²) < 4.78 is 30.8. The molecule has 2 aromatic rings. The second-order valence-electron chi connectivity index (χ2n) is 3.99. The topological polar surface area (TPSA) is 96.0 Å². The standard InChI is InChI=1S/C12H11N3O3S/c1-9-6-12(14-18-9)15-19(16,17)8-11-4-2-10(7-13)3-5-11/h2-6H,8H2,1H3,(H,14,15). The molecule has 0 atom stereocenters. The molecule has 0 radical (unpaired) electrons. The van der Waals surface area contributed by atoms with Crippen LogP contribution in [0.2, 0.25) is 0 Å². The fourth-order valence-electron chi connectivity index (χ4n) is 1.50. The van der Waals surface area contributed by atoms with Crippen LogP contribution in [0.15, 0.2) is 34.9 Å². The molecule has 2 rings (SSSR count). The Balaban J connectivity index is 2.10. The Morgan fingerprint density at radius 3 is 2.58 bits per heavy atom. The van der Waals surface area contributed by atoms with Crippen LogP contribution in [-0.2, 0) is 15.8 Å². The lowest BCUT2D eigenvalue weighted by molar-refractivity contribution is 0.400. The van der Waals surface area contributed by atoms with Gasteiger partial charge in [-0.05, 0) is 24.6 Å². The molecule has 98 valence electrons. The molecule has 0 aliphatic heterocycles. The van der Waals surface area contributed by atoms with Crippen molar-refractivity contribution in [3.63, 3.8) is 0 Å². The molecule has 1 N–H and O–H groups in total. The lowest BCUT2D eigenvalue weighted by atomic mass is 10.2. The molecule has 0 amide bonds. The van der Waals surface area contributed by atoms with Gasteiger partial charge in [0.1, 0.15) is 5.76 Å². The maximum absolute atomic E-state index is 11.9. The Labute approximate surface area is 110 Å². The molecule has 0 unspecified atom stereocenters. The van der Waals surface area contributed by atoms with Gasteiger partial charge < -0.3 is 4.52 Å². The van der Waals surface area contributed by atoms with E-state index in [9.17, 15) is 8.42 Å². The molecule has 7 heteroatoms. The van der Waals surface area contributed by atoms with Gasteiger partial charge >= 0.3 is 0 Å². The van der Waals surface area contributed by atoms with Gasteiger partial charge in [0.25, 0.3) is 0 Å². The number of anilines is 1. The summed E-state index contributed by atoms with van der Waals surface area (Å²) in [5, 5.41) is 12.2.